The molecule has 3 fully saturated rings. The van der Waals surface area contributed by atoms with E-state index < -0.39 is 27.1 Å². The summed E-state index contributed by atoms with van der Waals surface area (Å²) in [4.78, 5) is 29.8. The molecule has 0 radical (unpaired) electrons. The molecule has 274 valence electrons. The van der Waals surface area contributed by atoms with Crippen LogP contribution in [0.5, 0.6) is 5.75 Å². The smallest absolute Gasteiger partial charge is 0.327 e. The normalized spacial score (nSPS) is 37.7. The van der Waals surface area contributed by atoms with Gasteiger partial charge in [0.1, 0.15) is 15.7 Å². The van der Waals surface area contributed by atoms with Crippen molar-refractivity contribution in [2.24, 2.45) is 34.0 Å². The van der Waals surface area contributed by atoms with Crippen LogP contribution in [-0.2, 0) is 31.2 Å². The molecule has 1 saturated heterocycles. The third-order valence-electron chi connectivity index (χ3n) is 12.9. The Balaban J connectivity index is 1.18. The van der Waals surface area contributed by atoms with Crippen LogP contribution in [0.15, 0.2) is 52.9 Å². The van der Waals surface area contributed by atoms with E-state index in [-0.39, 0.29) is 35.3 Å². The number of hydrogen-bond acceptors (Lipinski definition) is 7. The molecule has 8 rings (SSSR count). The lowest BCUT2D eigenvalue weighted by Gasteiger charge is -2.46. The summed E-state index contributed by atoms with van der Waals surface area (Å²) in [6.07, 6.45) is 10.2. The van der Waals surface area contributed by atoms with Crippen LogP contribution >= 0.6 is 0 Å². The number of aryl methyl sites for hydroxylation is 2. The van der Waals surface area contributed by atoms with Crippen LogP contribution in [0.25, 0.3) is 0 Å². The Labute approximate surface area is 302 Å². The van der Waals surface area contributed by atoms with E-state index in [0.29, 0.717) is 43.6 Å². The highest BCUT2D eigenvalue weighted by atomic mass is 32.2. The van der Waals surface area contributed by atoms with Gasteiger partial charge in [-0.2, -0.15) is 0 Å². The molecule has 3 aliphatic carbocycles. The Morgan fingerprint density at radius 3 is 2.69 bits per heavy atom. The Hall–Kier alpha value is -3.41. The Morgan fingerprint density at radius 1 is 1.10 bits per heavy atom. The zero-order valence-electron chi connectivity index (χ0n) is 30.3. The van der Waals surface area contributed by atoms with Crippen molar-refractivity contribution in [1.82, 2.24) is 10.0 Å². The van der Waals surface area contributed by atoms with E-state index in [9.17, 15) is 13.8 Å². The maximum Gasteiger partial charge on any atom is 0.327 e. The Bertz CT molecular complexity index is 1850. The highest BCUT2D eigenvalue weighted by Gasteiger charge is 2.55. The lowest BCUT2D eigenvalue weighted by molar-refractivity contribution is 0.0131. The minimum atomic E-state index is -3.54. The van der Waals surface area contributed by atoms with Crippen molar-refractivity contribution < 1.29 is 28.0 Å². The number of carbonyl (C=O) groups excluding carboxylic acids is 2. The van der Waals surface area contributed by atoms with Gasteiger partial charge in [0.2, 0.25) is 0 Å². The standard InChI is InChI=1S/C40H52N4O6S/c1-24-10-14-33-27(17-24)8-6-16-40(33)22-44-19-29-11-13-30(29)35(48-4)9-5-7-25(2)26(3)51(47,43-39(46)41-37-31-20-49-21-32(31)37)42-38(45)28-12-15-36(50-23-40)34(44)18-28/h5,9-10,12,14-15,17-18,25-26,29-32,35,37H,6-8,11,13,16,19-23H2,1-4H3,(H2,41,42,43,45,46,47)/b9-5+/t25-,26+,29-,30+,31-,32+,35-,37?,40-,51?/m0/s1. The second-order valence-electron chi connectivity index (χ2n) is 16.1. The summed E-state index contributed by atoms with van der Waals surface area (Å²) in [6.45, 7) is 9.32. The van der Waals surface area contributed by atoms with Gasteiger partial charge in [-0.05, 0) is 99.5 Å². The summed E-state index contributed by atoms with van der Waals surface area (Å²) in [5.74, 6) is 1.32. The summed E-state index contributed by atoms with van der Waals surface area (Å²) in [7, 11) is -1.76. The first-order chi connectivity index (χ1) is 24.6. The van der Waals surface area contributed by atoms with Crippen molar-refractivity contribution in [3.8, 4) is 5.75 Å². The molecular weight excluding hydrogens is 665 g/mol. The average Bonchev–Trinajstić information content (AvgIpc) is 3.53. The number of benzene rings is 2. The fourth-order valence-electron chi connectivity index (χ4n) is 9.42. The van der Waals surface area contributed by atoms with E-state index in [4.69, 9.17) is 14.2 Å². The monoisotopic (exact) mass is 716 g/mol. The van der Waals surface area contributed by atoms with Crippen LogP contribution in [-0.4, -0.2) is 73.6 Å². The summed E-state index contributed by atoms with van der Waals surface area (Å²) < 4.78 is 40.1. The molecule has 6 aliphatic rings. The van der Waals surface area contributed by atoms with Gasteiger partial charge in [0.05, 0.1) is 36.9 Å². The molecule has 2 aromatic rings. The quantitative estimate of drug-likeness (QED) is 0.377. The van der Waals surface area contributed by atoms with Crippen LogP contribution in [0.1, 0.15) is 73.0 Å². The summed E-state index contributed by atoms with van der Waals surface area (Å²) in [6, 6.07) is 11.7. The number of nitrogens with zero attached hydrogens (tertiary/aromatic N) is 2. The predicted molar refractivity (Wildman–Crippen MR) is 197 cm³/mol. The van der Waals surface area contributed by atoms with Gasteiger partial charge >= 0.3 is 6.03 Å². The number of urea groups is 1. The number of carbonyl (C=O) groups is 2. The number of allylic oxidation sites excluding steroid dienone is 1. The van der Waals surface area contributed by atoms with E-state index >= 15 is 0 Å². The third kappa shape index (κ3) is 6.48. The number of anilines is 1. The highest BCUT2D eigenvalue weighted by Crippen LogP contribution is 2.47. The van der Waals surface area contributed by atoms with Gasteiger partial charge in [-0.1, -0.05) is 42.8 Å². The van der Waals surface area contributed by atoms with Crippen LogP contribution in [0, 0.1) is 36.5 Å². The van der Waals surface area contributed by atoms with Gasteiger partial charge in [0, 0.05) is 49.1 Å². The van der Waals surface area contributed by atoms with Crippen molar-refractivity contribution >= 4 is 27.5 Å². The Kier molecular flexibility index (Phi) is 9.20. The molecular formula is C40H52N4O6S. The first-order valence-electron chi connectivity index (χ1n) is 18.8. The topological polar surface area (TPSA) is 119 Å². The molecule has 2 bridgehead atoms. The van der Waals surface area contributed by atoms with Gasteiger partial charge in [0.25, 0.3) is 5.91 Å². The minimum absolute atomic E-state index is 0.0142. The Morgan fingerprint density at radius 2 is 1.92 bits per heavy atom. The van der Waals surface area contributed by atoms with Crippen molar-refractivity contribution in [2.45, 2.75) is 82.1 Å². The highest BCUT2D eigenvalue weighted by molar-refractivity contribution is 7.93. The van der Waals surface area contributed by atoms with Crippen molar-refractivity contribution in [1.29, 1.82) is 0 Å². The van der Waals surface area contributed by atoms with E-state index in [1.807, 2.05) is 26.0 Å². The molecule has 1 spiro atoms. The predicted octanol–water partition coefficient (Wildman–Crippen LogP) is 5.96. The zero-order valence-corrected chi connectivity index (χ0v) is 31.1. The minimum Gasteiger partial charge on any atom is -0.490 e. The van der Waals surface area contributed by atoms with Crippen LogP contribution in [0.4, 0.5) is 10.5 Å². The summed E-state index contributed by atoms with van der Waals surface area (Å²) in [5, 5.41) is 2.36. The van der Waals surface area contributed by atoms with E-state index in [0.717, 1.165) is 56.6 Å². The lowest BCUT2D eigenvalue weighted by atomic mass is 9.68. The van der Waals surface area contributed by atoms with Gasteiger partial charge in [-0.25, -0.2) is 13.7 Å². The SMILES string of the molecule is CO[C@H]1/C=C/C[C@H](C)[C@@H](C)S(=O)(NC(=O)NC2[C@H]3COC[C@@H]23)=NC(=O)c2ccc3c(c2)N(C[C@@H]2CC[C@H]21)C[C@@]1(CCCc2cc(C)ccc21)CO3. The number of rotatable bonds is 3. The number of ether oxygens (including phenoxy) is 3. The van der Waals surface area contributed by atoms with Gasteiger partial charge in [-0.3, -0.25) is 4.79 Å². The second-order valence-corrected chi connectivity index (χ2v) is 18.4. The largest absolute Gasteiger partial charge is 0.490 e. The maximum atomic E-state index is 14.8. The van der Waals surface area contributed by atoms with Gasteiger partial charge < -0.3 is 24.4 Å². The molecule has 2 N–H and O–H groups in total. The summed E-state index contributed by atoms with van der Waals surface area (Å²) in [5.41, 5.74) is 5.03. The van der Waals surface area contributed by atoms with Gasteiger partial charge in [0.15, 0.2) is 0 Å². The van der Waals surface area contributed by atoms with E-state index in [2.05, 4.69) is 56.6 Å². The molecule has 3 aliphatic heterocycles. The first kappa shape index (κ1) is 34.7. The van der Waals surface area contributed by atoms with Crippen molar-refractivity contribution in [3.05, 3.63) is 70.8 Å². The van der Waals surface area contributed by atoms with Gasteiger partial charge in [-0.15, -0.1) is 4.36 Å². The average molecular weight is 717 g/mol. The molecule has 3 heterocycles. The number of fused-ring (bicyclic) bond motifs is 5. The lowest BCUT2D eigenvalue weighted by Crippen LogP contribution is -2.49. The second kappa shape index (κ2) is 13.5. The fraction of sp³-hybridized carbons (Fsp3) is 0.600. The number of methoxy groups -OCH3 is 1. The number of amides is 3. The molecule has 2 aromatic carbocycles. The fourth-order valence-corrected chi connectivity index (χ4v) is 11.2. The zero-order chi connectivity index (χ0) is 35.5. The maximum absolute atomic E-state index is 14.8. The van der Waals surface area contributed by atoms with E-state index in [1.165, 1.54) is 16.7 Å². The van der Waals surface area contributed by atoms with E-state index in [1.54, 1.807) is 13.2 Å². The number of hydrogen-bond donors (Lipinski definition) is 2. The van der Waals surface area contributed by atoms with Crippen molar-refractivity contribution in [3.63, 3.8) is 0 Å². The molecule has 10 atom stereocenters. The van der Waals surface area contributed by atoms with Crippen LogP contribution in [0.2, 0.25) is 0 Å². The molecule has 2 unspecified atom stereocenters. The molecule has 3 amide bonds. The van der Waals surface area contributed by atoms with Crippen LogP contribution < -0.4 is 19.7 Å². The van der Waals surface area contributed by atoms with Crippen LogP contribution in [0.3, 0.4) is 0 Å². The molecule has 51 heavy (non-hydrogen) atoms. The molecule has 11 heteroatoms. The molecule has 10 nitrogen and oxygen atoms in total. The van der Waals surface area contributed by atoms with Crippen molar-refractivity contribution in [2.75, 3.05) is 44.9 Å². The third-order valence-corrected chi connectivity index (χ3v) is 15.3. The summed E-state index contributed by atoms with van der Waals surface area (Å²) >= 11 is 0. The molecule has 0 aromatic heterocycles. The number of nitrogens with one attached hydrogen (secondary N) is 2. The first-order valence-corrected chi connectivity index (χ1v) is 20.4. The molecule has 2 saturated carbocycles.